The molecule has 0 radical (unpaired) electrons. The van der Waals surface area contributed by atoms with Gasteiger partial charge in [0.2, 0.25) is 11.8 Å². The summed E-state index contributed by atoms with van der Waals surface area (Å²) in [5.41, 5.74) is -0.532. The predicted molar refractivity (Wildman–Crippen MR) is 74.0 cm³/mol. The zero-order valence-corrected chi connectivity index (χ0v) is 12.8. The van der Waals surface area contributed by atoms with Gasteiger partial charge in [-0.15, -0.1) is 0 Å². The van der Waals surface area contributed by atoms with Gasteiger partial charge in [0.15, 0.2) is 0 Å². The molecule has 6 nitrogen and oxygen atoms in total. The number of aliphatic carboxylic acids is 1. The van der Waals surface area contributed by atoms with Crippen molar-refractivity contribution < 1.29 is 19.5 Å². The van der Waals surface area contributed by atoms with Crippen LogP contribution in [0, 0.1) is 17.3 Å². The standard InChI is InChI=1S/C14H24N2O4/c1-6-16(7-2)9(17)8-15(5)12(18)10-11(13(19)20)14(10,3)4/h10-11H,6-8H2,1-5H3,(H,19,20). The maximum Gasteiger partial charge on any atom is 0.307 e. The molecule has 20 heavy (non-hydrogen) atoms. The molecule has 1 saturated carbocycles. The number of hydrogen-bond acceptors (Lipinski definition) is 3. The van der Waals surface area contributed by atoms with Crippen LogP contribution in [0.1, 0.15) is 27.7 Å². The van der Waals surface area contributed by atoms with Gasteiger partial charge in [-0.3, -0.25) is 14.4 Å². The van der Waals surface area contributed by atoms with E-state index in [1.165, 1.54) is 4.90 Å². The molecule has 0 aromatic heterocycles. The first-order valence-corrected chi connectivity index (χ1v) is 6.93. The number of carbonyl (C=O) groups excluding carboxylic acids is 2. The van der Waals surface area contributed by atoms with E-state index in [0.29, 0.717) is 13.1 Å². The van der Waals surface area contributed by atoms with Gasteiger partial charge in [0.05, 0.1) is 18.4 Å². The summed E-state index contributed by atoms with van der Waals surface area (Å²) in [6.45, 7) is 8.51. The van der Waals surface area contributed by atoms with Gasteiger partial charge in [-0.1, -0.05) is 13.8 Å². The van der Waals surface area contributed by atoms with E-state index in [0.717, 1.165) is 0 Å². The summed E-state index contributed by atoms with van der Waals surface area (Å²) < 4.78 is 0. The van der Waals surface area contributed by atoms with Gasteiger partial charge in [0, 0.05) is 20.1 Å². The van der Waals surface area contributed by atoms with Crippen LogP contribution in [-0.4, -0.2) is 59.4 Å². The first kappa shape index (κ1) is 16.5. The van der Waals surface area contributed by atoms with Gasteiger partial charge in [-0.05, 0) is 19.3 Å². The number of carbonyl (C=O) groups is 3. The maximum atomic E-state index is 12.3. The number of rotatable bonds is 6. The fourth-order valence-electron chi connectivity index (χ4n) is 2.75. The van der Waals surface area contributed by atoms with Crippen molar-refractivity contribution in [2.45, 2.75) is 27.7 Å². The van der Waals surface area contributed by atoms with E-state index in [1.54, 1.807) is 25.8 Å². The lowest BCUT2D eigenvalue weighted by molar-refractivity contribution is -0.143. The van der Waals surface area contributed by atoms with Crippen molar-refractivity contribution >= 4 is 17.8 Å². The smallest absolute Gasteiger partial charge is 0.307 e. The van der Waals surface area contributed by atoms with E-state index in [1.807, 2.05) is 13.8 Å². The Hall–Kier alpha value is -1.59. The molecular formula is C14H24N2O4. The summed E-state index contributed by atoms with van der Waals surface area (Å²) in [6.07, 6.45) is 0. The molecule has 1 fully saturated rings. The summed E-state index contributed by atoms with van der Waals surface area (Å²) in [4.78, 5) is 38.3. The first-order chi connectivity index (χ1) is 9.18. The van der Waals surface area contributed by atoms with Gasteiger partial charge in [0.25, 0.3) is 0 Å². The Morgan fingerprint density at radius 2 is 1.60 bits per heavy atom. The molecule has 114 valence electrons. The largest absolute Gasteiger partial charge is 0.481 e. The molecular weight excluding hydrogens is 260 g/mol. The third-order valence-corrected chi connectivity index (χ3v) is 4.22. The minimum atomic E-state index is -0.947. The molecule has 6 heteroatoms. The van der Waals surface area contributed by atoms with Gasteiger partial charge >= 0.3 is 5.97 Å². The number of nitrogens with zero attached hydrogens (tertiary/aromatic N) is 2. The van der Waals surface area contributed by atoms with E-state index in [4.69, 9.17) is 5.11 Å². The van der Waals surface area contributed by atoms with Crippen LogP contribution >= 0.6 is 0 Å². The van der Waals surface area contributed by atoms with E-state index < -0.39 is 23.2 Å². The van der Waals surface area contributed by atoms with Gasteiger partial charge in [-0.25, -0.2) is 0 Å². The molecule has 0 spiro atoms. The molecule has 0 heterocycles. The Balaban J connectivity index is 2.66. The molecule has 2 atom stereocenters. The Kier molecular flexibility index (Phi) is 4.78. The lowest BCUT2D eigenvalue weighted by Crippen LogP contribution is -2.42. The zero-order chi connectivity index (χ0) is 15.7. The Labute approximate surface area is 119 Å². The maximum absolute atomic E-state index is 12.3. The summed E-state index contributed by atoms with van der Waals surface area (Å²) in [6, 6.07) is 0. The van der Waals surface area contributed by atoms with E-state index in [9.17, 15) is 14.4 Å². The molecule has 0 aliphatic heterocycles. The minimum Gasteiger partial charge on any atom is -0.481 e. The molecule has 0 saturated heterocycles. The second-order valence-electron chi connectivity index (χ2n) is 5.88. The second-order valence-corrected chi connectivity index (χ2v) is 5.88. The summed E-state index contributed by atoms with van der Waals surface area (Å²) >= 11 is 0. The highest BCUT2D eigenvalue weighted by molar-refractivity contribution is 5.93. The van der Waals surface area contributed by atoms with Crippen molar-refractivity contribution in [3.05, 3.63) is 0 Å². The predicted octanol–water partition coefficient (Wildman–Crippen LogP) is 0.670. The normalized spacial score (nSPS) is 23.1. The Bertz CT molecular complexity index is 415. The van der Waals surface area contributed by atoms with E-state index in [-0.39, 0.29) is 18.4 Å². The first-order valence-electron chi connectivity index (χ1n) is 6.93. The van der Waals surface area contributed by atoms with Crippen LogP contribution in [0.2, 0.25) is 0 Å². The fraction of sp³-hybridized carbons (Fsp3) is 0.786. The van der Waals surface area contributed by atoms with Crippen molar-refractivity contribution in [2.75, 3.05) is 26.7 Å². The van der Waals surface area contributed by atoms with Crippen molar-refractivity contribution in [2.24, 2.45) is 17.3 Å². The number of carboxylic acid groups (broad SMARTS) is 1. The second kappa shape index (κ2) is 5.81. The lowest BCUT2D eigenvalue weighted by atomic mass is 10.1. The highest BCUT2D eigenvalue weighted by Crippen LogP contribution is 2.58. The lowest BCUT2D eigenvalue weighted by Gasteiger charge is -2.23. The number of amides is 2. The average molecular weight is 284 g/mol. The van der Waals surface area contributed by atoms with Crippen molar-refractivity contribution in [3.63, 3.8) is 0 Å². The fourth-order valence-corrected chi connectivity index (χ4v) is 2.75. The van der Waals surface area contributed by atoms with Crippen LogP contribution in [0.5, 0.6) is 0 Å². The van der Waals surface area contributed by atoms with Gasteiger partial charge in [0.1, 0.15) is 0 Å². The number of hydrogen-bond donors (Lipinski definition) is 1. The monoisotopic (exact) mass is 284 g/mol. The third kappa shape index (κ3) is 2.94. The Morgan fingerprint density at radius 3 is 1.95 bits per heavy atom. The molecule has 0 bridgehead atoms. The van der Waals surface area contributed by atoms with Crippen LogP contribution in [-0.2, 0) is 14.4 Å². The van der Waals surface area contributed by atoms with Gasteiger partial charge < -0.3 is 14.9 Å². The van der Waals surface area contributed by atoms with Gasteiger partial charge in [-0.2, -0.15) is 0 Å². The van der Waals surface area contributed by atoms with E-state index in [2.05, 4.69) is 0 Å². The molecule has 1 aliphatic rings. The molecule has 2 amide bonds. The number of carboxylic acids is 1. The molecule has 1 aliphatic carbocycles. The summed E-state index contributed by atoms with van der Waals surface area (Å²) in [5.74, 6) is -2.51. The van der Waals surface area contributed by atoms with Crippen LogP contribution in [0.25, 0.3) is 0 Å². The quantitative estimate of drug-likeness (QED) is 0.777. The van der Waals surface area contributed by atoms with E-state index >= 15 is 0 Å². The van der Waals surface area contributed by atoms with Crippen LogP contribution in [0.4, 0.5) is 0 Å². The highest BCUT2D eigenvalue weighted by Gasteiger charge is 2.66. The molecule has 2 unspecified atom stereocenters. The van der Waals surface area contributed by atoms with Crippen LogP contribution < -0.4 is 0 Å². The van der Waals surface area contributed by atoms with Crippen molar-refractivity contribution in [1.29, 1.82) is 0 Å². The van der Waals surface area contributed by atoms with Crippen LogP contribution in [0.15, 0.2) is 0 Å². The van der Waals surface area contributed by atoms with Crippen LogP contribution in [0.3, 0.4) is 0 Å². The summed E-state index contributed by atoms with van der Waals surface area (Å²) in [5, 5.41) is 9.09. The Morgan fingerprint density at radius 1 is 1.10 bits per heavy atom. The average Bonchev–Trinajstić information content (AvgIpc) is 2.92. The summed E-state index contributed by atoms with van der Waals surface area (Å²) in [7, 11) is 1.55. The van der Waals surface area contributed by atoms with Crippen molar-refractivity contribution in [1.82, 2.24) is 9.80 Å². The highest BCUT2D eigenvalue weighted by atomic mass is 16.4. The SMILES string of the molecule is CCN(CC)C(=O)CN(C)C(=O)C1C(C(=O)O)C1(C)C. The molecule has 0 aromatic carbocycles. The number of likely N-dealkylation sites (N-methyl/N-ethyl adjacent to an activating group) is 2. The minimum absolute atomic E-state index is 0.000563. The van der Waals surface area contributed by atoms with Crippen molar-refractivity contribution in [3.8, 4) is 0 Å². The molecule has 1 N–H and O–H groups in total. The third-order valence-electron chi connectivity index (χ3n) is 4.22. The zero-order valence-electron chi connectivity index (χ0n) is 12.8. The molecule has 0 aromatic rings. The topological polar surface area (TPSA) is 77.9 Å². The molecule has 1 rings (SSSR count).